The Kier molecular flexibility index (Phi) is 4.95. The van der Waals surface area contributed by atoms with Gasteiger partial charge in [-0.25, -0.2) is 8.78 Å². The molecule has 1 fully saturated rings. The van der Waals surface area contributed by atoms with Crippen molar-refractivity contribution in [3.8, 4) is 11.8 Å². The first-order chi connectivity index (χ1) is 12.8. The number of likely N-dealkylation sites (tertiary alicyclic amines) is 1. The molecule has 0 aliphatic carbocycles. The molecule has 0 spiro atoms. The topological polar surface area (TPSA) is 78.1 Å². The van der Waals surface area contributed by atoms with Crippen LogP contribution in [0.4, 0.5) is 8.78 Å². The van der Waals surface area contributed by atoms with Gasteiger partial charge in [-0.3, -0.25) is 9.59 Å². The van der Waals surface area contributed by atoms with Crippen LogP contribution in [0.3, 0.4) is 0 Å². The largest absolute Gasteiger partial charge is 0.343 e. The van der Waals surface area contributed by atoms with Crippen molar-refractivity contribution in [3.63, 3.8) is 0 Å². The van der Waals surface area contributed by atoms with E-state index < -0.39 is 43.3 Å². The summed E-state index contributed by atoms with van der Waals surface area (Å²) in [7, 11) is 0. The maximum atomic E-state index is 13.4. The SMILES string of the molecule is Cc1cc(C(=O)NCC(=O)N2CC(F)(F)C[C@H]2C#N)cn1-c1ccccc1. The highest BCUT2D eigenvalue weighted by atomic mass is 19.3. The predicted molar refractivity (Wildman–Crippen MR) is 93.5 cm³/mol. The molecule has 1 N–H and O–H groups in total. The lowest BCUT2D eigenvalue weighted by Crippen LogP contribution is -2.42. The van der Waals surface area contributed by atoms with Crippen LogP contribution in [0.5, 0.6) is 0 Å². The van der Waals surface area contributed by atoms with Gasteiger partial charge in [0.1, 0.15) is 6.04 Å². The van der Waals surface area contributed by atoms with Gasteiger partial charge in [0.2, 0.25) is 5.91 Å². The van der Waals surface area contributed by atoms with Crippen molar-refractivity contribution >= 4 is 11.8 Å². The second-order valence-corrected chi connectivity index (χ2v) is 6.49. The third-order valence-corrected chi connectivity index (χ3v) is 4.45. The average Bonchev–Trinajstić information content (AvgIpc) is 3.19. The molecule has 3 rings (SSSR count). The zero-order valence-corrected chi connectivity index (χ0v) is 14.7. The van der Waals surface area contributed by atoms with Crippen LogP contribution < -0.4 is 5.32 Å². The van der Waals surface area contributed by atoms with E-state index in [9.17, 15) is 18.4 Å². The van der Waals surface area contributed by atoms with Gasteiger partial charge in [0.25, 0.3) is 11.8 Å². The summed E-state index contributed by atoms with van der Waals surface area (Å²) in [5, 5.41) is 11.4. The van der Waals surface area contributed by atoms with Crippen LogP contribution in [0.2, 0.25) is 0 Å². The first-order valence-corrected chi connectivity index (χ1v) is 8.40. The molecular weight excluding hydrogens is 354 g/mol. The molecule has 0 unspecified atom stereocenters. The second kappa shape index (κ2) is 7.19. The lowest BCUT2D eigenvalue weighted by atomic mass is 10.2. The maximum Gasteiger partial charge on any atom is 0.268 e. The zero-order chi connectivity index (χ0) is 19.6. The average molecular weight is 372 g/mol. The molecule has 2 aromatic rings. The Morgan fingerprint density at radius 3 is 2.70 bits per heavy atom. The minimum absolute atomic E-state index is 0.354. The number of nitriles is 1. The molecule has 0 bridgehead atoms. The number of amides is 2. The molecule has 0 saturated carbocycles. The number of carbonyl (C=O) groups excluding carboxylic acids is 2. The van der Waals surface area contributed by atoms with E-state index in [0.717, 1.165) is 16.3 Å². The van der Waals surface area contributed by atoms with Crippen LogP contribution in [0.1, 0.15) is 22.5 Å². The van der Waals surface area contributed by atoms with Gasteiger partial charge in [0, 0.05) is 24.0 Å². The summed E-state index contributed by atoms with van der Waals surface area (Å²) < 4.78 is 28.7. The van der Waals surface area contributed by atoms with Gasteiger partial charge in [0.05, 0.1) is 24.7 Å². The molecule has 1 atom stereocenters. The van der Waals surface area contributed by atoms with Crippen LogP contribution in [-0.2, 0) is 4.79 Å². The van der Waals surface area contributed by atoms with Gasteiger partial charge >= 0.3 is 0 Å². The van der Waals surface area contributed by atoms with Gasteiger partial charge in [-0.05, 0) is 25.1 Å². The summed E-state index contributed by atoms with van der Waals surface area (Å²) in [6, 6.07) is 11.6. The molecule has 2 amide bonds. The van der Waals surface area contributed by atoms with E-state index in [1.165, 1.54) is 0 Å². The number of benzene rings is 1. The quantitative estimate of drug-likeness (QED) is 0.894. The first-order valence-electron chi connectivity index (χ1n) is 8.40. The minimum atomic E-state index is -3.08. The molecular formula is C19H18F2N4O2. The van der Waals surface area contributed by atoms with Crippen molar-refractivity contribution in [1.29, 1.82) is 5.26 Å². The van der Waals surface area contributed by atoms with Crippen molar-refractivity contribution < 1.29 is 18.4 Å². The molecule has 140 valence electrons. The van der Waals surface area contributed by atoms with Crippen molar-refractivity contribution in [3.05, 3.63) is 53.9 Å². The van der Waals surface area contributed by atoms with E-state index in [1.807, 2.05) is 41.8 Å². The number of alkyl halides is 2. The summed E-state index contributed by atoms with van der Waals surface area (Å²) in [5.41, 5.74) is 2.08. The summed E-state index contributed by atoms with van der Waals surface area (Å²) in [6.07, 6.45) is 0.967. The molecule has 0 radical (unpaired) electrons. The molecule has 6 nitrogen and oxygen atoms in total. The summed E-state index contributed by atoms with van der Waals surface area (Å²) in [4.78, 5) is 25.3. The fraction of sp³-hybridized carbons (Fsp3) is 0.316. The monoisotopic (exact) mass is 372 g/mol. The Morgan fingerprint density at radius 2 is 2.04 bits per heavy atom. The fourth-order valence-electron chi connectivity index (χ4n) is 3.12. The summed E-state index contributed by atoms with van der Waals surface area (Å²) in [5.74, 6) is -4.27. The van der Waals surface area contributed by atoms with Crippen LogP contribution >= 0.6 is 0 Å². The number of nitrogens with one attached hydrogen (secondary N) is 1. The number of aryl methyl sites for hydroxylation is 1. The lowest BCUT2D eigenvalue weighted by Gasteiger charge is -2.19. The number of carbonyl (C=O) groups is 2. The Balaban J connectivity index is 1.65. The lowest BCUT2D eigenvalue weighted by molar-refractivity contribution is -0.131. The van der Waals surface area contributed by atoms with Crippen LogP contribution in [-0.4, -0.2) is 46.3 Å². The molecule has 1 aliphatic rings. The number of hydrogen-bond donors (Lipinski definition) is 1. The Hall–Kier alpha value is -3.21. The Labute approximate surface area is 155 Å². The van der Waals surface area contributed by atoms with Gasteiger partial charge in [-0.1, -0.05) is 18.2 Å². The van der Waals surface area contributed by atoms with E-state index >= 15 is 0 Å². The number of hydrogen-bond acceptors (Lipinski definition) is 3. The van der Waals surface area contributed by atoms with E-state index in [1.54, 1.807) is 18.3 Å². The zero-order valence-electron chi connectivity index (χ0n) is 14.7. The Morgan fingerprint density at radius 1 is 1.33 bits per heavy atom. The third-order valence-electron chi connectivity index (χ3n) is 4.45. The molecule has 1 aromatic carbocycles. The van der Waals surface area contributed by atoms with Crippen LogP contribution in [0.15, 0.2) is 42.6 Å². The van der Waals surface area contributed by atoms with Crippen molar-refractivity contribution in [2.75, 3.05) is 13.1 Å². The summed E-state index contributed by atoms with van der Waals surface area (Å²) >= 11 is 0. The van der Waals surface area contributed by atoms with Crippen LogP contribution in [0.25, 0.3) is 5.69 Å². The van der Waals surface area contributed by atoms with Crippen molar-refractivity contribution in [2.24, 2.45) is 0 Å². The molecule has 8 heteroatoms. The molecule has 2 heterocycles. The van der Waals surface area contributed by atoms with Gasteiger partial charge in [0.15, 0.2) is 0 Å². The highest BCUT2D eigenvalue weighted by Crippen LogP contribution is 2.31. The number of aromatic nitrogens is 1. The van der Waals surface area contributed by atoms with Crippen LogP contribution in [0, 0.1) is 18.3 Å². The first kappa shape index (κ1) is 18.6. The van der Waals surface area contributed by atoms with E-state index in [4.69, 9.17) is 5.26 Å². The molecule has 1 aromatic heterocycles. The Bertz CT molecular complexity index is 902. The van der Waals surface area contributed by atoms with E-state index in [-0.39, 0.29) is 0 Å². The molecule has 27 heavy (non-hydrogen) atoms. The maximum absolute atomic E-state index is 13.4. The molecule has 1 aliphatic heterocycles. The van der Waals surface area contributed by atoms with E-state index in [2.05, 4.69) is 5.32 Å². The molecule has 1 saturated heterocycles. The van der Waals surface area contributed by atoms with Gasteiger partial charge in [-0.2, -0.15) is 5.26 Å². The standard InChI is InChI=1S/C19H18F2N4O2/c1-13-7-14(11-24(13)15-5-3-2-4-6-15)18(27)23-10-17(26)25-12-19(20,21)8-16(25)9-22/h2-7,11,16H,8,10,12H2,1H3,(H,23,27)/t16-/m0/s1. The number of para-hydroxylation sites is 1. The summed E-state index contributed by atoms with van der Waals surface area (Å²) in [6.45, 7) is 0.602. The van der Waals surface area contributed by atoms with Gasteiger partial charge < -0.3 is 14.8 Å². The minimum Gasteiger partial charge on any atom is -0.343 e. The predicted octanol–water partition coefficient (Wildman–Crippen LogP) is 2.28. The fourth-order valence-corrected chi connectivity index (χ4v) is 3.12. The number of halogens is 2. The van der Waals surface area contributed by atoms with Crippen molar-refractivity contribution in [1.82, 2.24) is 14.8 Å². The number of rotatable bonds is 4. The highest BCUT2D eigenvalue weighted by molar-refractivity contribution is 5.96. The highest BCUT2D eigenvalue weighted by Gasteiger charge is 2.47. The van der Waals surface area contributed by atoms with Crippen molar-refractivity contribution in [2.45, 2.75) is 25.3 Å². The normalized spacial score (nSPS) is 18.1. The smallest absolute Gasteiger partial charge is 0.268 e. The second-order valence-electron chi connectivity index (χ2n) is 6.49. The number of nitrogens with zero attached hydrogens (tertiary/aromatic N) is 3. The van der Waals surface area contributed by atoms with Gasteiger partial charge in [-0.15, -0.1) is 0 Å². The van der Waals surface area contributed by atoms with E-state index in [0.29, 0.717) is 5.56 Å². The third kappa shape index (κ3) is 3.97.